The molecule has 162 valence electrons. The van der Waals surface area contributed by atoms with Crippen molar-refractivity contribution >= 4 is 5.91 Å². The van der Waals surface area contributed by atoms with E-state index in [-0.39, 0.29) is 24.2 Å². The zero-order valence-electron chi connectivity index (χ0n) is 17.7. The number of aryl methyl sites for hydroxylation is 1. The molecule has 0 saturated carbocycles. The Labute approximate surface area is 185 Å². The van der Waals surface area contributed by atoms with E-state index < -0.39 is 6.04 Å². The van der Waals surface area contributed by atoms with Gasteiger partial charge in [-0.2, -0.15) is 0 Å². The van der Waals surface area contributed by atoms with Crippen LogP contribution in [0.3, 0.4) is 0 Å². The van der Waals surface area contributed by atoms with Crippen LogP contribution >= 0.6 is 0 Å². The maximum atomic E-state index is 13.5. The molecule has 0 saturated heterocycles. The van der Waals surface area contributed by atoms with Gasteiger partial charge in [-0.3, -0.25) is 4.79 Å². The molecule has 32 heavy (non-hydrogen) atoms. The number of carbonyl (C=O) groups excluding carboxylic acids is 1. The normalized spacial score (nSPS) is 11.7. The Bertz CT molecular complexity index is 1210. The van der Waals surface area contributed by atoms with E-state index in [0.29, 0.717) is 17.2 Å². The van der Waals surface area contributed by atoms with Crippen LogP contribution in [-0.4, -0.2) is 22.7 Å². The van der Waals surface area contributed by atoms with Crippen molar-refractivity contribution < 1.29 is 18.3 Å². The van der Waals surface area contributed by atoms with Gasteiger partial charge in [-0.05, 0) is 60.9 Å². The lowest BCUT2D eigenvalue weighted by Gasteiger charge is -2.17. The number of hydrogen-bond acceptors (Lipinski definition) is 5. The third-order valence-electron chi connectivity index (χ3n) is 5.13. The van der Waals surface area contributed by atoms with E-state index in [0.717, 1.165) is 16.7 Å². The molecule has 4 aromatic rings. The molecule has 0 spiro atoms. The number of rotatable bonds is 7. The van der Waals surface area contributed by atoms with E-state index in [4.69, 9.17) is 9.15 Å². The first-order valence-corrected chi connectivity index (χ1v) is 10.1. The van der Waals surface area contributed by atoms with Crippen LogP contribution in [0, 0.1) is 19.7 Å². The molecule has 3 aromatic carbocycles. The lowest BCUT2D eigenvalue weighted by Crippen LogP contribution is -2.33. The summed E-state index contributed by atoms with van der Waals surface area (Å²) in [6.07, 6.45) is 0. The first-order chi connectivity index (χ1) is 15.5. The Kier molecular flexibility index (Phi) is 6.26. The predicted octanol–water partition coefficient (Wildman–Crippen LogP) is 4.78. The molecule has 0 radical (unpaired) electrons. The minimum Gasteiger partial charge on any atom is -0.483 e. The summed E-state index contributed by atoms with van der Waals surface area (Å²) >= 11 is 0. The SMILES string of the molecule is Cc1cccc(OCC(=O)NC(c2ccc(F)cc2)c2nnc(-c3ccccc3)o2)c1C. The van der Waals surface area contributed by atoms with Gasteiger partial charge in [0.1, 0.15) is 17.6 Å². The summed E-state index contributed by atoms with van der Waals surface area (Å²) in [4.78, 5) is 12.7. The zero-order valence-corrected chi connectivity index (χ0v) is 17.7. The van der Waals surface area contributed by atoms with Crippen molar-refractivity contribution in [1.82, 2.24) is 15.5 Å². The van der Waals surface area contributed by atoms with Crippen molar-refractivity contribution in [3.63, 3.8) is 0 Å². The van der Waals surface area contributed by atoms with Crippen LogP contribution in [0.5, 0.6) is 5.75 Å². The number of halogens is 1. The maximum absolute atomic E-state index is 13.5. The Hall–Kier alpha value is -4.00. The number of amides is 1. The van der Waals surface area contributed by atoms with Crippen molar-refractivity contribution in [2.75, 3.05) is 6.61 Å². The topological polar surface area (TPSA) is 77.2 Å². The van der Waals surface area contributed by atoms with Crippen LogP contribution in [0.2, 0.25) is 0 Å². The van der Waals surface area contributed by atoms with Gasteiger partial charge in [0.15, 0.2) is 6.61 Å². The first kappa shape index (κ1) is 21.2. The number of carbonyl (C=O) groups is 1. The van der Waals surface area contributed by atoms with Gasteiger partial charge < -0.3 is 14.5 Å². The average Bonchev–Trinajstić information content (AvgIpc) is 3.30. The second-order valence-electron chi connectivity index (χ2n) is 7.35. The number of ether oxygens (including phenoxy) is 1. The van der Waals surface area contributed by atoms with Crippen LogP contribution in [0.1, 0.15) is 28.6 Å². The van der Waals surface area contributed by atoms with Gasteiger partial charge in [0.05, 0.1) is 0 Å². The molecule has 7 heteroatoms. The highest BCUT2D eigenvalue weighted by molar-refractivity contribution is 5.78. The van der Waals surface area contributed by atoms with Crippen molar-refractivity contribution in [2.45, 2.75) is 19.9 Å². The van der Waals surface area contributed by atoms with Gasteiger partial charge >= 0.3 is 0 Å². The molecule has 1 heterocycles. The molecule has 1 N–H and O–H groups in total. The number of hydrogen-bond donors (Lipinski definition) is 1. The fourth-order valence-electron chi connectivity index (χ4n) is 3.22. The van der Waals surface area contributed by atoms with Crippen LogP contribution in [0.25, 0.3) is 11.5 Å². The molecule has 4 rings (SSSR count). The van der Waals surface area contributed by atoms with E-state index >= 15 is 0 Å². The summed E-state index contributed by atoms with van der Waals surface area (Å²) in [6, 6.07) is 20.0. The van der Waals surface area contributed by atoms with Gasteiger partial charge in [0.2, 0.25) is 11.8 Å². The molecule has 1 amide bonds. The maximum Gasteiger partial charge on any atom is 0.258 e. The Morgan fingerprint density at radius 3 is 2.50 bits per heavy atom. The predicted molar refractivity (Wildman–Crippen MR) is 118 cm³/mol. The van der Waals surface area contributed by atoms with Crippen LogP contribution in [-0.2, 0) is 4.79 Å². The number of nitrogens with one attached hydrogen (secondary N) is 1. The monoisotopic (exact) mass is 431 g/mol. The standard InChI is InChI=1S/C25H22FN3O3/c1-16-7-6-10-21(17(16)2)31-15-22(30)27-23(18-11-13-20(26)14-12-18)25-29-28-24(32-25)19-8-4-3-5-9-19/h3-14,23H,15H2,1-2H3,(H,27,30). The fraction of sp³-hybridized carbons (Fsp3) is 0.160. The smallest absolute Gasteiger partial charge is 0.258 e. The lowest BCUT2D eigenvalue weighted by atomic mass is 10.1. The van der Waals surface area contributed by atoms with Crippen LogP contribution in [0.4, 0.5) is 4.39 Å². The summed E-state index contributed by atoms with van der Waals surface area (Å²) in [5.41, 5.74) is 3.41. The minimum atomic E-state index is -0.754. The lowest BCUT2D eigenvalue weighted by molar-refractivity contribution is -0.123. The van der Waals surface area contributed by atoms with Crippen molar-refractivity contribution in [3.05, 3.63) is 101 Å². The Morgan fingerprint density at radius 2 is 1.75 bits per heavy atom. The van der Waals surface area contributed by atoms with Crippen LogP contribution < -0.4 is 10.1 Å². The van der Waals surface area contributed by atoms with Gasteiger partial charge in [-0.1, -0.05) is 42.5 Å². The number of aromatic nitrogens is 2. The van der Waals surface area contributed by atoms with Crippen molar-refractivity contribution in [2.24, 2.45) is 0 Å². The average molecular weight is 431 g/mol. The quantitative estimate of drug-likeness (QED) is 0.456. The van der Waals surface area contributed by atoms with E-state index in [9.17, 15) is 9.18 Å². The van der Waals surface area contributed by atoms with Gasteiger partial charge in [0.25, 0.3) is 5.91 Å². The van der Waals surface area contributed by atoms with E-state index in [1.54, 1.807) is 12.1 Å². The first-order valence-electron chi connectivity index (χ1n) is 10.1. The second-order valence-corrected chi connectivity index (χ2v) is 7.35. The third kappa shape index (κ3) is 4.83. The Morgan fingerprint density at radius 1 is 1.00 bits per heavy atom. The highest BCUT2D eigenvalue weighted by atomic mass is 19.1. The molecule has 1 atom stereocenters. The van der Waals surface area contributed by atoms with E-state index in [2.05, 4.69) is 15.5 Å². The summed E-state index contributed by atoms with van der Waals surface area (Å²) < 4.78 is 25.0. The third-order valence-corrected chi connectivity index (χ3v) is 5.13. The molecule has 1 unspecified atom stereocenters. The van der Waals surface area contributed by atoms with Gasteiger partial charge in [-0.15, -0.1) is 10.2 Å². The second kappa shape index (κ2) is 9.43. The molecule has 0 aliphatic carbocycles. The summed E-state index contributed by atoms with van der Waals surface area (Å²) in [6.45, 7) is 3.72. The van der Waals surface area contributed by atoms with Crippen molar-refractivity contribution in [1.29, 1.82) is 0 Å². The van der Waals surface area contributed by atoms with E-state index in [1.807, 2.05) is 62.4 Å². The molecular weight excluding hydrogens is 409 g/mol. The van der Waals surface area contributed by atoms with Crippen molar-refractivity contribution in [3.8, 4) is 17.2 Å². The van der Waals surface area contributed by atoms with Gasteiger partial charge in [-0.25, -0.2) is 4.39 Å². The molecule has 0 aliphatic heterocycles. The number of benzene rings is 3. The molecule has 1 aromatic heterocycles. The molecular formula is C25H22FN3O3. The highest BCUT2D eigenvalue weighted by Crippen LogP contribution is 2.25. The Balaban J connectivity index is 1.55. The highest BCUT2D eigenvalue weighted by Gasteiger charge is 2.24. The summed E-state index contributed by atoms with van der Waals surface area (Å²) in [5.74, 6) is 0.402. The summed E-state index contributed by atoms with van der Waals surface area (Å²) in [5, 5.41) is 11.1. The van der Waals surface area contributed by atoms with E-state index in [1.165, 1.54) is 12.1 Å². The molecule has 0 fully saturated rings. The van der Waals surface area contributed by atoms with Crippen LogP contribution in [0.15, 0.2) is 77.2 Å². The zero-order chi connectivity index (χ0) is 22.5. The molecule has 0 bridgehead atoms. The molecule has 0 aliphatic rings. The largest absolute Gasteiger partial charge is 0.483 e. The minimum absolute atomic E-state index is 0.190. The fourth-order valence-corrected chi connectivity index (χ4v) is 3.22. The summed E-state index contributed by atoms with van der Waals surface area (Å²) in [7, 11) is 0. The number of nitrogens with zero attached hydrogens (tertiary/aromatic N) is 2. The van der Waals surface area contributed by atoms with Gasteiger partial charge in [0, 0.05) is 5.56 Å². The molecule has 6 nitrogen and oxygen atoms in total.